The van der Waals surface area contributed by atoms with Crippen molar-refractivity contribution in [2.45, 2.75) is 51.4 Å². The number of aromatic nitrogens is 1. The minimum atomic E-state index is -0.693. The van der Waals surface area contributed by atoms with Gasteiger partial charge in [-0.1, -0.05) is 49.8 Å². The molecule has 0 amide bonds. The normalized spacial score (nSPS) is 10.7. The highest BCUT2D eigenvalue weighted by molar-refractivity contribution is 6.30. The molecule has 26 heavy (non-hydrogen) atoms. The van der Waals surface area contributed by atoms with Crippen LogP contribution in [-0.2, 0) is 4.79 Å². The number of carboxylic acid groups (broad SMARTS) is 1. The van der Waals surface area contributed by atoms with Gasteiger partial charge < -0.3 is 10.0 Å². The Balaban J connectivity index is 1.76. The molecular weight excluding hydrogens is 348 g/mol. The highest BCUT2D eigenvalue weighted by Crippen LogP contribution is 2.25. The Morgan fingerprint density at radius 2 is 1.58 bits per heavy atom. The van der Waals surface area contributed by atoms with Crippen molar-refractivity contribution >= 4 is 29.1 Å². The van der Waals surface area contributed by atoms with Gasteiger partial charge in [0.15, 0.2) is 0 Å². The summed E-state index contributed by atoms with van der Waals surface area (Å²) in [6, 6.07) is 13.8. The second kappa shape index (κ2) is 11.5. The van der Waals surface area contributed by atoms with Crippen LogP contribution < -0.4 is 4.90 Å². The number of carboxylic acids is 1. The second-order valence-corrected chi connectivity index (χ2v) is 6.87. The lowest BCUT2D eigenvalue weighted by molar-refractivity contribution is -0.137. The Labute approximate surface area is 160 Å². The summed E-state index contributed by atoms with van der Waals surface area (Å²) in [5.74, 6) is 0.255. The molecule has 0 aliphatic heterocycles. The second-order valence-electron chi connectivity index (χ2n) is 6.43. The summed E-state index contributed by atoms with van der Waals surface area (Å²) in [6.45, 7) is 0.914. The maximum absolute atomic E-state index is 10.5. The van der Waals surface area contributed by atoms with Gasteiger partial charge in [0.25, 0.3) is 0 Å². The summed E-state index contributed by atoms with van der Waals surface area (Å²) in [5.41, 5.74) is 1.10. The molecule has 0 spiro atoms. The molecule has 0 bridgehead atoms. The SMILES string of the molecule is O=C(O)CCCCCCCCCN(c1ccc(Cl)cc1)c1ccccn1. The molecule has 0 fully saturated rings. The van der Waals surface area contributed by atoms with Gasteiger partial charge >= 0.3 is 5.97 Å². The van der Waals surface area contributed by atoms with Crippen LogP contribution >= 0.6 is 11.6 Å². The van der Waals surface area contributed by atoms with E-state index in [9.17, 15) is 4.79 Å². The van der Waals surface area contributed by atoms with Crippen LogP contribution in [-0.4, -0.2) is 22.6 Å². The number of aliphatic carboxylic acids is 1. The summed E-state index contributed by atoms with van der Waals surface area (Å²) in [6.07, 6.45) is 9.64. The maximum atomic E-state index is 10.5. The fourth-order valence-corrected chi connectivity index (χ4v) is 3.07. The third-order valence-electron chi connectivity index (χ3n) is 4.34. The zero-order chi connectivity index (χ0) is 18.6. The molecule has 0 unspecified atom stereocenters. The zero-order valence-electron chi connectivity index (χ0n) is 15.1. The largest absolute Gasteiger partial charge is 0.481 e. The van der Waals surface area contributed by atoms with Gasteiger partial charge in [0.2, 0.25) is 0 Å². The van der Waals surface area contributed by atoms with Gasteiger partial charge in [0.05, 0.1) is 0 Å². The molecule has 1 aromatic carbocycles. The lowest BCUT2D eigenvalue weighted by Crippen LogP contribution is -2.19. The Bertz CT molecular complexity index is 647. The lowest BCUT2D eigenvalue weighted by atomic mass is 10.1. The van der Waals surface area contributed by atoms with Gasteiger partial charge in [0.1, 0.15) is 5.82 Å². The minimum absolute atomic E-state index is 0.292. The molecule has 0 saturated heterocycles. The van der Waals surface area contributed by atoms with Gasteiger partial charge in [-0.2, -0.15) is 0 Å². The number of nitrogens with zero attached hydrogens (tertiary/aromatic N) is 2. The number of unbranched alkanes of at least 4 members (excludes halogenated alkanes) is 6. The van der Waals surface area contributed by atoms with Crippen LogP contribution in [0, 0.1) is 0 Å². The van der Waals surface area contributed by atoms with E-state index in [-0.39, 0.29) is 0 Å². The van der Waals surface area contributed by atoms with Crippen LogP contribution in [0.5, 0.6) is 0 Å². The average molecular weight is 375 g/mol. The van der Waals surface area contributed by atoms with E-state index in [0.29, 0.717) is 6.42 Å². The van der Waals surface area contributed by atoms with Gasteiger partial charge in [0, 0.05) is 29.9 Å². The first kappa shape index (κ1) is 20.2. The Kier molecular flexibility index (Phi) is 8.98. The number of hydrogen-bond donors (Lipinski definition) is 1. The molecule has 0 aliphatic rings. The summed E-state index contributed by atoms with van der Waals surface area (Å²) in [4.78, 5) is 17.2. The van der Waals surface area contributed by atoms with Crippen LogP contribution in [0.4, 0.5) is 11.5 Å². The standard InChI is InChI=1S/C21H27ClN2O2/c22-18-12-14-19(15-13-18)24(20-10-7-8-16-23-20)17-9-5-3-1-2-4-6-11-21(25)26/h7-8,10,12-16H,1-6,9,11,17H2,(H,25,26). The predicted octanol–water partition coefficient (Wildman–Crippen LogP) is 6.08. The van der Waals surface area contributed by atoms with Gasteiger partial charge in [-0.25, -0.2) is 4.98 Å². The van der Waals surface area contributed by atoms with E-state index in [1.54, 1.807) is 0 Å². The molecule has 1 heterocycles. The van der Waals surface area contributed by atoms with E-state index >= 15 is 0 Å². The summed E-state index contributed by atoms with van der Waals surface area (Å²) in [7, 11) is 0. The molecular formula is C21H27ClN2O2. The molecule has 2 aromatic rings. The number of halogens is 1. The first-order valence-electron chi connectivity index (χ1n) is 9.33. The van der Waals surface area contributed by atoms with E-state index < -0.39 is 5.97 Å². The van der Waals surface area contributed by atoms with E-state index in [4.69, 9.17) is 16.7 Å². The highest BCUT2D eigenvalue weighted by atomic mass is 35.5. The van der Waals surface area contributed by atoms with Crippen molar-refractivity contribution < 1.29 is 9.90 Å². The number of rotatable bonds is 12. The minimum Gasteiger partial charge on any atom is -0.481 e. The molecule has 140 valence electrons. The molecule has 5 heteroatoms. The number of hydrogen-bond acceptors (Lipinski definition) is 3. The quantitative estimate of drug-likeness (QED) is 0.457. The summed E-state index contributed by atoms with van der Waals surface area (Å²) >= 11 is 6.01. The summed E-state index contributed by atoms with van der Waals surface area (Å²) in [5, 5.41) is 9.36. The number of benzene rings is 1. The van der Waals surface area contributed by atoms with Gasteiger partial charge in [-0.15, -0.1) is 0 Å². The van der Waals surface area contributed by atoms with Crippen molar-refractivity contribution in [3.8, 4) is 0 Å². The Morgan fingerprint density at radius 3 is 2.19 bits per heavy atom. The molecule has 1 N–H and O–H groups in total. The molecule has 2 rings (SSSR count). The monoisotopic (exact) mass is 374 g/mol. The van der Waals surface area contributed by atoms with Crippen molar-refractivity contribution in [3.63, 3.8) is 0 Å². The van der Waals surface area contributed by atoms with Crippen LogP contribution in [0.15, 0.2) is 48.7 Å². The molecule has 1 aromatic heterocycles. The number of carbonyl (C=O) groups is 1. The fraction of sp³-hybridized carbons (Fsp3) is 0.429. The molecule has 0 saturated carbocycles. The first-order chi connectivity index (χ1) is 12.7. The Morgan fingerprint density at radius 1 is 0.923 bits per heavy atom. The Hall–Kier alpha value is -2.07. The summed E-state index contributed by atoms with van der Waals surface area (Å²) < 4.78 is 0. The smallest absolute Gasteiger partial charge is 0.303 e. The fourth-order valence-electron chi connectivity index (χ4n) is 2.94. The van der Waals surface area contributed by atoms with Crippen molar-refractivity contribution in [1.29, 1.82) is 0 Å². The van der Waals surface area contributed by atoms with Crippen molar-refractivity contribution in [2.75, 3.05) is 11.4 Å². The van der Waals surface area contributed by atoms with Crippen LogP contribution in [0.3, 0.4) is 0 Å². The molecule has 0 aliphatic carbocycles. The molecule has 4 nitrogen and oxygen atoms in total. The van der Waals surface area contributed by atoms with Crippen LogP contribution in [0.25, 0.3) is 0 Å². The van der Waals surface area contributed by atoms with E-state index in [1.165, 1.54) is 12.8 Å². The van der Waals surface area contributed by atoms with Crippen LogP contribution in [0.1, 0.15) is 51.4 Å². The predicted molar refractivity (Wildman–Crippen MR) is 107 cm³/mol. The van der Waals surface area contributed by atoms with Gasteiger partial charge in [-0.05, 0) is 49.2 Å². The van der Waals surface area contributed by atoms with E-state index in [1.807, 2.05) is 48.7 Å². The zero-order valence-corrected chi connectivity index (χ0v) is 15.9. The van der Waals surface area contributed by atoms with Crippen molar-refractivity contribution in [2.24, 2.45) is 0 Å². The lowest BCUT2D eigenvalue weighted by Gasteiger charge is -2.24. The van der Waals surface area contributed by atoms with Crippen LogP contribution in [0.2, 0.25) is 5.02 Å². The van der Waals surface area contributed by atoms with Crippen molar-refractivity contribution in [1.82, 2.24) is 4.98 Å². The number of pyridine rings is 1. The highest BCUT2D eigenvalue weighted by Gasteiger charge is 2.10. The van der Waals surface area contributed by atoms with Gasteiger partial charge in [-0.3, -0.25) is 4.79 Å². The first-order valence-corrected chi connectivity index (χ1v) is 9.70. The third-order valence-corrected chi connectivity index (χ3v) is 4.59. The van der Waals surface area contributed by atoms with E-state index in [2.05, 4.69) is 9.88 Å². The molecule has 0 radical (unpaired) electrons. The molecule has 0 atom stereocenters. The third kappa shape index (κ3) is 7.44. The van der Waals surface area contributed by atoms with Crippen molar-refractivity contribution in [3.05, 3.63) is 53.7 Å². The van der Waals surface area contributed by atoms with E-state index in [0.717, 1.165) is 55.2 Å². The topological polar surface area (TPSA) is 53.4 Å². The maximum Gasteiger partial charge on any atom is 0.303 e. The average Bonchev–Trinajstić information content (AvgIpc) is 2.65. The number of anilines is 2.